The lowest BCUT2D eigenvalue weighted by Crippen LogP contribution is -2.13. The molecular weight excluding hydrogens is 219 g/mol. The first-order chi connectivity index (χ1) is 8.31. The molecule has 0 aromatic carbocycles. The first-order valence-electron chi connectivity index (χ1n) is 5.64. The largest absolute Gasteiger partial charge is 0.311 e. The van der Waals surface area contributed by atoms with Crippen LogP contribution >= 0.6 is 0 Å². The summed E-state index contributed by atoms with van der Waals surface area (Å²) in [6.07, 6.45) is 7.28. The van der Waals surface area contributed by atoms with Gasteiger partial charge in [-0.05, 0) is 19.0 Å². The Morgan fingerprint density at radius 1 is 1.47 bits per heavy atom. The smallest absolute Gasteiger partial charge is 0.165 e. The van der Waals surface area contributed by atoms with Gasteiger partial charge in [0.05, 0.1) is 23.9 Å². The Kier molecular flexibility index (Phi) is 3.82. The minimum absolute atomic E-state index is 0.349. The van der Waals surface area contributed by atoms with E-state index in [1.807, 2.05) is 6.20 Å². The summed E-state index contributed by atoms with van der Waals surface area (Å²) < 4.78 is 15.1. The molecule has 0 atom stereocenters. The second kappa shape index (κ2) is 5.54. The summed E-state index contributed by atoms with van der Waals surface area (Å²) in [5.74, 6) is -0.349. The molecule has 5 heteroatoms. The third kappa shape index (κ3) is 2.88. The highest BCUT2D eigenvalue weighted by Gasteiger charge is 2.05. The SMILES string of the molecule is CCCNCc1cn(-c2ccncc2F)cn1. The summed E-state index contributed by atoms with van der Waals surface area (Å²) in [6, 6.07) is 1.63. The first-order valence-corrected chi connectivity index (χ1v) is 5.64. The summed E-state index contributed by atoms with van der Waals surface area (Å²) in [7, 11) is 0. The number of aromatic nitrogens is 3. The normalized spacial score (nSPS) is 10.7. The average molecular weight is 234 g/mol. The van der Waals surface area contributed by atoms with Crippen LogP contribution in [0.5, 0.6) is 0 Å². The number of nitrogens with zero attached hydrogens (tertiary/aromatic N) is 3. The lowest BCUT2D eigenvalue weighted by molar-refractivity contribution is 0.611. The summed E-state index contributed by atoms with van der Waals surface area (Å²) in [5.41, 5.74) is 1.36. The maximum absolute atomic E-state index is 13.5. The van der Waals surface area contributed by atoms with Gasteiger partial charge in [0, 0.05) is 18.9 Å². The Bertz CT molecular complexity index is 481. The standard InChI is InChI=1S/C12H15FN4/c1-2-4-14-6-10-8-17(9-16-10)12-3-5-15-7-11(12)13/h3,5,7-9,14H,2,4,6H2,1H3. The molecule has 2 rings (SSSR count). The van der Waals surface area contributed by atoms with Crippen LogP contribution < -0.4 is 5.32 Å². The van der Waals surface area contributed by atoms with E-state index in [0.29, 0.717) is 12.2 Å². The summed E-state index contributed by atoms with van der Waals surface area (Å²) in [4.78, 5) is 7.94. The van der Waals surface area contributed by atoms with Crippen molar-refractivity contribution >= 4 is 0 Å². The highest BCUT2D eigenvalue weighted by molar-refractivity contribution is 5.31. The van der Waals surface area contributed by atoms with Gasteiger partial charge in [-0.15, -0.1) is 0 Å². The van der Waals surface area contributed by atoms with Gasteiger partial charge in [0.1, 0.15) is 0 Å². The zero-order valence-electron chi connectivity index (χ0n) is 9.73. The van der Waals surface area contributed by atoms with Crippen molar-refractivity contribution in [1.82, 2.24) is 19.9 Å². The quantitative estimate of drug-likeness (QED) is 0.803. The van der Waals surface area contributed by atoms with Crippen molar-refractivity contribution in [3.63, 3.8) is 0 Å². The van der Waals surface area contributed by atoms with E-state index in [1.54, 1.807) is 23.2 Å². The molecule has 90 valence electrons. The molecule has 0 aliphatic carbocycles. The predicted molar refractivity (Wildman–Crippen MR) is 63.3 cm³/mol. The van der Waals surface area contributed by atoms with E-state index in [-0.39, 0.29) is 5.82 Å². The number of nitrogens with one attached hydrogen (secondary N) is 1. The average Bonchev–Trinajstić information content (AvgIpc) is 2.79. The number of hydrogen-bond acceptors (Lipinski definition) is 3. The Morgan fingerprint density at radius 2 is 2.35 bits per heavy atom. The van der Waals surface area contributed by atoms with Crippen molar-refractivity contribution in [2.24, 2.45) is 0 Å². The van der Waals surface area contributed by atoms with Gasteiger partial charge in [-0.3, -0.25) is 4.98 Å². The molecule has 0 radical (unpaired) electrons. The van der Waals surface area contributed by atoms with Gasteiger partial charge in [0.15, 0.2) is 5.82 Å². The van der Waals surface area contributed by atoms with Crippen molar-refractivity contribution in [3.05, 3.63) is 42.5 Å². The Morgan fingerprint density at radius 3 is 3.12 bits per heavy atom. The third-order valence-corrected chi connectivity index (χ3v) is 2.40. The minimum Gasteiger partial charge on any atom is -0.311 e. The molecule has 2 aromatic heterocycles. The van der Waals surface area contributed by atoms with Crippen molar-refractivity contribution < 1.29 is 4.39 Å². The van der Waals surface area contributed by atoms with E-state index in [2.05, 4.69) is 22.2 Å². The highest BCUT2D eigenvalue weighted by Crippen LogP contribution is 2.11. The summed E-state index contributed by atoms with van der Waals surface area (Å²) in [6.45, 7) is 3.77. The van der Waals surface area contributed by atoms with Crippen molar-refractivity contribution in [2.45, 2.75) is 19.9 Å². The first kappa shape index (κ1) is 11.7. The summed E-state index contributed by atoms with van der Waals surface area (Å²) >= 11 is 0. The van der Waals surface area contributed by atoms with E-state index in [1.165, 1.54) is 6.20 Å². The van der Waals surface area contributed by atoms with Gasteiger partial charge in [-0.25, -0.2) is 9.37 Å². The molecule has 0 amide bonds. The maximum atomic E-state index is 13.5. The molecule has 0 aliphatic rings. The monoisotopic (exact) mass is 234 g/mol. The van der Waals surface area contributed by atoms with Crippen LogP contribution in [0, 0.1) is 5.82 Å². The molecule has 4 nitrogen and oxygen atoms in total. The van der Waals surface area contributed by atoms with Crippen LogP contribution in [0.3, 0.4) is 0 Å². The van der Waals surface area contributed by atoms with Crippen LogP contribution in [0.1, 0.15) is 19.0 Å². The van der Waals surface area contributed by atoms with E-state index >= 15 is 0 Å². The van der Waals surface area contributed by atoms with Gasteiger partial charge in [0.2, 0.25) is 0 Å². The Labute approximate surface area is 99.5 Å². The fourth-order valence-electron chi connectivity index (χ4n) is 1.56. The van der Waals surface area contributed by atoms with E-state index in [4.69, 9.17) is 0 Å². The molecule has 2 heterocycles. The fraction of sp³-hybridized carbons (Fsp3) is 0.333. The van der Waals surface area contributed by atoms with Crippen LogP contribution in [0.2, 0.25) is 0 Å². The van der Waals surface area contributed by atoms with Crippen LogP contribution in [0.15, 0.2) is 31.0 Å². The van der Waals surface area contributed by atoms with Gasteiger partial charge in [-0.2, -0.15) is 0 Å². The van der Waals surface area contributed by atoms with E-state index in [9.17, 15) is 4.39 Å². The maximum Gasteiger partial charge on any atom is 0.165 e. The predicted octanol–water partition coefficient (Wildman–Crippen LogP) is 1.91. The van der Waals surface area contributed by atoms with Gasteiger partial charge >= 0.3 is 0 Å². The van der Waals surface area contributed by atoms with Gasteiger partial charge < -0.3 is 9.88 Å². The molecule has 0 unspecified atom stereocenters. The molecule has 0 saturated heterocycles. The molecule has 2 aromatic rings. The summed E-state index contributed by atoms with van der Waals surface area (Å²) in [5, 5.41) is 3.25. The third-order valence-electron chi connectivity index (χ3n) is 2.40. The van der Waals surface area contributed by atoms with Gasteiger partial charge in [0.25, 0.3) is 0 Å². The van der Waals surface area contributed by atoms with E-state index < -0.39 is 0 Å². The minimum atomic E-state index is -0.349. The molecule has 0 spiro atoms. The highest BCUT2D eigenvalue weighted by atomic mass is 19.1. The van der Waals surface area contributed by atoms with Crippen molar-refractivity contribution in [3.8, 4) is 5.69 Å². The lowest BCUT2D eigenvalue weighted by atomic mass is 10.4. The zero-order chi connectivity index (χ0) is 12.1. The fourth-order valence-corrected chi connectivity index (χ4v) is 1.56. The molecule has 0 fully saturated rings. The topological polar surface area (TPSA) is 42.7 Å². The lowest BCUT2D eigenvalue weighted by Gasteiger charge is -2.02. The molecule has 0 saturated carbocycles. The molecule has 0 aliphatic heterocycles. The Hall–Kier alpha value is -1.75. The molecule has 17 heavy (non-hydrogen) atoms. The second-order valence-corrected chi connectivity index (χ2v) is 3.78. The second-order valence-electron chi connectivity index (χ2n) is 3.78. The van der Waals surface area contributed by atoms with Crippen LogP contribution in [-0.4, -0.2) is 21.1 Å². The van der Waals surface area contributed by atoms with E-state index in [0.717, 1.165) is 18.7 Å². The molecule has 0 bridgehead atoms. The van der Waals surface area contributed by atoms with Crippen molar-refractivity contribution in [2.75, 3.05) is 6.54 Å². The zero-order valence-corrected chi connectivity index (χ0v) is 9.73. The number of hydrogen-bond donors (Lipinski definition) is 1. The molecular formula is C12H15FN4. The van der Waals surface area contributed by atoms with Crippen molar-refractivity contribution in [1.29, 1.82) is 0 Å². The Balaban J connectivity index is 2.10. The van der Waals surface area contributed by atoms with Crippen LogP contribution in [0.25, 0.3) is 5.69 Å². The van der Waals surface area contributed by atoms with Gasteiger partial charge in [-0.1, -0.05) is 6.92 Å². The van der Waals surface area contributed by atoms with Crippen LogP contribution in [0.4, 0.5) is 4.39 Å². The number of imidazole rings is 1. The number of rotatable bonds is 5. The molecule has 1 N–H and O–H groups in total. The van der Waals surface area contributed by atoms with Crippen LogP contribution in [-0.2, 0) is 6.54 Å². The number of pyridine rings is 1. The number of halogens is 1.